The number of rotatable bonds is 6. The molecule has 1 N–H and O–H groups in total. The summed E-state index contributed by atoms with van der Waals surface area (Å²) in [6.07, 6.45) is 5.10. The van der Waals surface area contributed by atoms with Crippen LogP contribution in [0.2, 0.25) is 0 Å². The molecule has 5 heteroatoms. The van der Waals surface area contributed by atoms with Crippen LogP contribution in [0, 0.1) is 0 Å². The number of carbonyl (C=O) groups is 2. The Balaban J connectivity index is 1.50. The number of esters is 1. The van der Waals surface area contributed by atoms with Gasteiger partial charge in [-0.1, -0.05) is 36.4 Å². The highest BCUT2D eigenvalue weighted by Crippen LogP contribution is 2.12. The van der Waals surface area contributed by atoms with Gasteiger partial charge in [-0.2, -0.15) is 0 Å². The van der Waals surface area contributed by atoms with E-state index in [1.165, 1.54) is 6.26 Å². The van der Waals surface area contributed by atoms with Crippen LogP contribution in [0.5, 0.6) is 0 Å². The molecular formula is C21H17NO4. The highest BCUT2D eigenvalue weighted by atomic mass is 16.5. The smallest absolute Gasteiger partial charge is 0.338 e. The van der Waals surface area contributed by atoms with Crippen molar-refractivity contribution in [3.63, 3.8) is 0 Å². The van der Waals surface area contributed by atoms with Crippen LogP contribution in [0.4, 0.5) is 5.69 Å². The third-order valence-corrected chi connectivity index (χ3v) is 3.54. The van der Waals surface area contributed by atoms with E-state index in [2.05, 4.69) is 5.32 Å². The Morgan fingerprint density at radius 1 is 0.962 bits per heavy atom. The summed E-state index contributed by atoms with van der Waals surface area (Å²) in [7, 11) is 0. The van der Waals surface area contributed by atoms with Crippen molar-refractivity contribution in [1.29, 1.82) is 0 Å². The lowest BCUT2D eigenvalue weighted by atomic mass is 10.2. The minimum atomic E-state index is -0.424. The van der Waals surface area contributed by atoms with Crippen LogP contribution in [0.3, 0.4) is 0 Å². The Bertz CT molecular complexity index is 882. The van der Waals surface area contributed by atoms with Crippen LogP contribution in [0.15, 0.2) is 83.5 Å². The Kier molecular flexibility index (Phi) is 5.62. The summed E-state index contributed by atoms with van der Waals surface area (Å²) >= 11 is 0. The van der Waals surface area contributed by atoms with Crippen molar-refractivity contribution >= 4 is 23.6 Å². The molecule has 0 unspecified atom stereocenters. The van der Waals surface area contributed by atoms with E-state index in [4.69, 9.17) is 9.15 Å². The topological polar surface area (TPSA) is 68.5 Å². The van der Waals surface area contributed by atoms with Gasteiger partial charge in [-0.15, -0.1) is 0 Å². The zero-order valence-electron chi connectivity index (χ0n) is 13.9. The van der Waals surface area contributed by atoms with E-state index < -0.39 is 5.97 Å². The van der Waals surface area contributed by atoms with E-state index in [0.29, 0.717) is 11.3 Å². The molecule has 26 heavy (non-hydrogen) atoms. The number of ether oxygens (including phenoxy) is 1. The minimum Gasteiger partial charge on any atom is -0.459 e. The first-order valence-corrected chi connectivity index (χ1v) is 8.06. The minimum absolute atomic E-state index is 0.185. The van der Waals surface area contributed by atoms with E-state index in [1.54, 1.807) is 42.5 Å². The third kappa shape index (κ3) is 4.70. The zero-order valence-corrected chi connectivity index (χ0v) is 13.9. The summed E-state index contributed by atoms with van der Waals surface area (Å²) in [6, 6.07) is 19.4. The number of amides is 1. The molecular weight excluding hydrogens is 330 g/mol. The molecule has 0 atom stereocenters. The van der Waals surface area contributed by atoms with Gasteiger partial charge in [0.1, 0.15) is 6.61 Å². The van der Waals surface area contributed by atoms with Gasteiger partial charge in [0.05, 0.1) is 11.8 Å². The first-order chi connectivity index (χ1) is 12.7. The van der Waals surface area contributed by atoms with Crippen molar-refractivity contribution in [2.24, 2.45) is 0 Å². The van der Waals surface area contributed by atoms with Gasteiger partial charge in [0.15, 0.2) is 5.76 Å². The monoisotopic (exact) mass is 347 g/mol. The lowest BCUT2D eigenvalue weighted by Crippen LogP contribution is -2.11. The Morgan fingerprint density at radius 2 is 1.73 bits per heavy atom. The molecule has 5 nitrogen and oxygen atoms in total. The van der Waals surface area contributed by atoms with Crippen LogP contribution in [-0.4, -0.2) is 18.5 Å². The van der Waals surface area contributed by atoms with E-state index in [9.17, 15) is 9.59 Å². The zero-order chi connectivity index (χ0) is 18.2. The number of anilines is 1. The molecule has 2 aromatic carbocycles. The van der Waals surface area contributed by atoms with Gasteiger partial charge < -0.3 is 14.5 Å². The van der Waals surface area contributed by atoms with Crippen LogP contribution < -0.4 is 5.32 Å². The predicted octanol–water partition coefficient (Wildman–Crippen LogP) is 4.40. The summed E-state index contributed by atoms with van der Waals surface area (Å²) in [6.45, 7) is 0.185. The second kappa shape index (κ2) is 8.48. The normalized spacial score (nSPS) is 10.6. The van der Waals surface area contributed by atoms with Gasteiger partial charge in [0.25, 0.3) is 5.91 Å². The standard InChI is InChI=1S/C21H17NO4/c23-20(19-9-5-14-25-19)22-18-12-10-17(11-13-18)21(24)26-15-4-8-16-6-2-1-3-7-16/h1-14H,15H2,(H,22,23)/b8-4+. The van der Waals surface area contributed by atoms with Gasteiger partial charge in [0.2, 0.25) is 0 Å². The first-order valence-electron chi connectivity index (χ1n) is 8.06. The maximum absolute atomic E-state index is 12.0. The predicted molar refractivity (Wildman–Crippen MR) is 98.9 cm³/mol. The summed E-state index contributed by atoms with van der Waals surface area (Å²) in [4.78, 5) is 23.9. The van der Waals surface area contributed by atoms with Gasteiger partial charge in [-0.05, 0) is 48.0 Å². The molecule has 0 radical (unpaired) electrons. The van der Waals surface area contributed by atoms with Gasteiger partial charge in [-0.25, -0.2) is 4.79 Å². The van der Waals surface area contributed by atoms with E-state index in [-0.39, 0.29) is 18.3 Å². The van der Waals surface area contributed by atoms with Crippen LogP contribution in [0.25, 0.3) is 6.08 Å². The molecule has 1 amide bonds. The largest absolute Gasteiger partial charge is 0.459 e. The maximum atomic E-state index is 12.0. The van der Waals surface area contributed by atoms with Crippen molar-refractivity contribution in [1.82, 2.24) is 0 Å². The molecule has 0 saturated heterocycles. The van der Waals surface area contributed by atoms with Crippen molar-refractivity contribution in [2.45, 2.75) is 0 Å². The second-order valence-corrected chi connectivity index (χ2v) is 5.42. The Morgan fingerprint density at radius 3 is 2.42 bits per heavy atom. The maximum Gasteiger partial charge on any atom is 0.338 e. The summed E-state index contributed by atoms with van der Waals surface area (Å²) < 4.78 is 10.2. The summed E-state index contributed by atoms with van der Waals surface area (Å²) in [5.41, 5.74) is 2.02. The van der Waals surface area contributed by atoms with Crippen LogP contribution >= 0.6 is 0 Å². The Labute approximate surface area is 150 Å². The van der Waals surface area contributed by atoms with Gasteiger partial charge in [0, 0.05) is 5.69 Å². The molecule has 130 valence electrons. The summed E-state index contributed by atoms with van der Waals surface area (Å²) in [5, 5.41) is 2.68. The summed E-state index contributed by atoms with van der Waals surface area (Å²) in [5.74, 6) is -0.554. The molecule has 0 aliphatic heterocycles. The van der Waals surface area contributed by atoms with E-state index in [1.807, 2.05) is 36.4 Å². The van der Waals surface area contributed by atoms with Crippen molar-refractivity contribution < 1.29 is 18.7 Å². The van der Waals surface area contributed by atoms with Crippen molar-refractivity contribution in [3.8, 4) is 0 Å². The third-order valence-electron chi connectivity index (χ3n) is 3.54. The van der Waals surface area contributed by atoms with Crippen molar-refractivity contribution in [2.75, 3.05) is 11.9 Å². The fourth-order valence-electron chi connectivity index (χ4n) is 2.25. The lowest BCUT2D eigenvalue weighted by molar-refractivity contribution is 0.0550. The average Bonchev–Trinajstić information content (AvgIpc) is 3.21. The van der Waals surface area contributed by atoms with Gasteiger partial charge >= 0.3 is 5.97 Å². The molecule has 1 heterocycles. The second-order valence-electron chi connectivity index (χ2n) is 5.42. The van der Waals surface area contributed by atoms with E-state index >= 15 is 0 Å². The molecule has 0 saturated carbocycles. The molecule has 1 aromatic heterocycles. The Hall–Kier alpha value is -3.60. The molecule has 0 aliphatic rings. The highest BCUT2D eigenvalue weighted by Gasteiger charge is 2.10. The number of carbonyl (C=O) groups excluding carboxylic acids is 2. The van der Waals surface area contributed by atoms with Crippen LogP contribution in [-0.2, 0) is 4.74 Å². The quantitative estimate of drug-likeness (QED) is 0.671. The van der Waals surface area contributed by atoms with E-state index in [0.717, 1.165) is 5.56 Å². The molecule has 3 aromatic rings. The van der Waals surface area contributed by atoms with Gasteiger partial charge in [-0.3, -0.25) is 4.79 Å². The average molecular weight is 347 g/mol. The highest BCUT2D eigenvalue weighted by molar-refractivity contribution is 6.02. The number of furan rings is 1. The molecule has 0 bridgehead atoms. The fraction of sp³-hybridized carbons (Fsp3) is 0.0476. The SMILES string of the molecule is O=C(OC/C=C/c1ccccc1)c1ccc(NC(=O)c2ccco2)cc1. The van der Waals surface area contributed by atoms with Crippen molar-refractivity contribution in [3.05, 3.63) is 96.0 Å². The molecule has 0 spiro atoms. The molecule has 0 fully saturated rings. The lowest BCUT2D eigenvalue weighted by Gasteiger charge is -2.05. The molecule has 0 aliphatic carbocycles. The number of hydrogen-bond acceptors (Lipinski definition) is 4. The fourth-order valence-corrected chi connectivity index (χ4v) is 2.25. The number of nitrogens with one attached hydrogen (secondary N) is 1. The molecule has 3 rings (SSSR count). The first kappa shape index (κ1) is 17.2. The van der Waals surface area contributed by atoms with Crippen LogP contribution in [0.1, 0.15) is 26.5 Å². The number of benzene rings is 2. The number of hydrogen-bond donors (Lipinski definition) is 1.